The van der Waals surface area contributed by atoms with E-state index in [1.165, 1.54) is 12.1 Å². The van der Waals surface area contributed by atoms with Crippen LogP contribution in [-0.2, 0) is 13.6 Å². The summed E-state index contributed by atoms with van der Waals surface area (Å²) in [4.78, 5) is 0. The minimum Gasteiger partial charge on any atom is -0.353 e. The first-order valence-corrected chi connectivity index (χ1v) is 5.30. The van der Waals surface area contributed by atoms with Crippen LogP contribution in [0.1, 0.15) is 32.9 Å². The van der Waals surface area contributed by atoms with Gasteiger partial charge in [-0.3, -0.25) is 0 Å². The predicted octanol–water partition coefficient (Wildman–Crippen LogP) is 2.55. The Hall–Kier alpha value is -0.760. The van der Waals surface area contributed by atoms with E-state index in [1.54, 1.807) is 0 Å². The van der Waals surface area contributed by atoms with Crippen LogP contribution in [-0.4, -0.2) is 11.1 Å². The van der Waals surface area contributed by atoms with Crippen LogP contribution < -0.4 is 5.32 Å². The highest BCUT2D eigenvalue weighted by Crippen LogP contribution is 2.16. The van der Waals surface area contributed by atoms with Gasteiger partial charge in [-0.15, -0.1) is 0 Å². The second-order valence-electron chi connectivity index (χ2n) is 5.10. The molecule has 0 saturated carbocycles. The third-order valence-electron chi connectivity index (χ3n) is 2.41. The number of nitrogens with zero attached hydrogens (tertiary/aromatic N) is 1. The van der Waals surface area contributed by atoms with Gasteiger partial charge >= 0.3 is 0 Å². The minimum absolute atomic E-state index is 0.432. The van der Waals surface area contributed by atoms with E-state index in [4.69, 9.17) is 0 Å². The van der Waals surface area contributed by atoms with E-state index in [9.17, 15) is 0 Å². The summed E-state index contributed by atoms with van der Waals surface area (Å²) in [7, 11) is 2.08. The summed E-state index contributed by atoms with van der Waals surface area (Å²) in [6, 6.07) is 4.24. The fourth-order valence-electron chi connectivity index (χ4n) is 1.36. The molecule has 80 valence electrons. The van der Waals surface area contributed by atoms with Gasteiger partial charge in [0.1, 0.15) is 0 Å². The Bertz CT molecular complexity index is 268. The van der Waals surface area contributed by atoms with Crippen LogP contribution >= 0.6 is 0 Å². The third kappa shape index (κ3) is 3.97. The van der Waals surface area contributed by atoms with E-state index in [2.05, 4.69) is 56.0 Å². The average molecular weight is 194 g/mol. The first-order valence-electron chi connectivity index (χ1n) is 5.30. The Morgan fingerprint density at radius 2 is 2.07 bits per heavy atom. The highest BCUT2D eigenvalue weighted by molar-refractivity contribution is 5.05. The zero-order chi connectivity index (χ0) is 10.6. The third-order valence-corrected chi connectivity index (χ3v) is 2.41. The predicted molar refractivity (Wildman–Crippen MR) is 61.2 cm³/mol. The zero-order valence-corrected chi connectivity index (χ0v) is 9.80. The number of nitrogens with one attached hydrogen (secondary N) is 1. The highest BCUT2D eigenvalue weighted by Gasteiger charge is 2.08. The summed E-state index contributed by atoms with van der Waals surface area (Å²) in [5.74, 6) is 0. The molecule has 0 fully saturated rings. The van der Waals surface area contributed by atoms with Crippen molar-refractivity contribution in [3.63, 3.8) is 0 Å². The number of aryl methyl sites for hydroxylation is 1. The molecule has 1 aromatic heterocycles. The lowest BCUT2D eigenvalue weighted by Gasteiger charge is -2.18. The summed E-state index contributed by atoms with van der Waals surface area (Å²) in [5, 5.41) is 3.46. The van der Waals surface area contributed by atoms with Crippen LogP contribution in [0.25, 0.3) is 0 Å². The van der Waals surface area contributed by atoms with E-state index in [1.807, 2.05) is 0 Å². The molecule has 0 atom stereocenters. The van der Waals surface area contributed by atoms with Crippen LogP contribution in [0, 0.1) is 5.41 Å². The van der Waals surface area contributed by atoms with E-state index in [-0.39, 0.29) is 0 Å². The summed E-state index contributed by atoms with van der Waals surface area (Å²) < 4.78 is 2.16. The molecule has 0 amide bonds. The molecule has 0 aliphatic carbocycles. The molecule has 0 aliphatic rings. The van der Waals surface area contributed by atoms with E-state index in [0.717, 1.165) is 13.1 Å². The van der Waals surface area contributed by atoms with Gasteiger partial charge in [0.25, 0.3) is 0 Å². The molecule has 1 aromatic rings. The lowest BCUT2D eigenvalue weighted by Crippen LogP contribution is -2.21. The van der Waals surface area contributed by atoms with Gasteiger partial charge in [-0.1, -0.05) is 20.8 Å². The maximum atomic E-state index is 3.46. The molecular weight excluding hydrogens is 172 g/mol. The topological polar surface area (TPSA) is 17.0 Å². The van der Waals surface area contributed by atoms with Crippen molar-refractivity contribution in [3.05, 3.63) is 24.0 Å². The largest absolute Gasteiger partial charge is 0.353 e. The number of hydrogen-bond acceptors (Lipinski definition) is 1. The second kappa shape index (κ2) is 4.65. The van der Waals surface area contributed by atoms with Gasteiger partial charge in [0, 0.05) is 25.5 Å². The summed E-state index contributed by atoms with van der Waals surface area (Å²) in [5.41, 5.74) is 1.78. The molecule has 0 spiro atoms. The lowest BCUT2D eigenvalue weighted by atomic mass is 9.92. The van der Waals surface area contributed by atoms with Gasteiger partial charge in [-0.25, -0.2) is 0 Å². The maximum absolute atomic E-state index is 3.46. The average Bonchev–Trinajstić information content (AvgIpc) is 2.44. The molecule has 2 nitrogen and oxygen atoms in total. The van der Waals surface area contributed by atoms with E-state index < -0.39 is 0 Å². The molecule has 2 heteroatoms. The van der Waals surface area contributed by atoms with Crippen LogP contribution in [0.4, 0.5) is 0 Å². The molecule has 1 heterocycles. The minimum atomic E-state index is 0.432. The molecule has 0 saturated heterocycles. The normalized spacial score (nSPS) is 12.0. The van der Waals surface area contributed by atoms with E-state index >= 15 is 0 Å². The molecule has 0 aromatic carbocycles. The van der Waals surface area contributed by atoms with Crippen molar-refractivity contribution in [2.45, 2.75) is 33.7 Å². The highest BCUT2D eigenvalue weighted by atomic mass is 15.0. The Morgan fingerprint density at radius 1 is 1.36 bits per heavy atom. The summed E-state index contributed by atoms with van der Waals surface area (Å²) >= 11 is 0. The Kier molecular flexibility index (Phi) is 3.76. The second-order valence-corrected chi connectivity index (χ2v) is 5.10. The number of aromatic nitrogens is 1. The fraction of sp³-hybridized carbons (Fsp3) is 0.667. The quantitative estimate of drug-likeness (QED) is 0.729. The van der Waals surface area contributed by atoms with Gasteiger partial charge in [0.15, 0.2) is 0 Å². The SMILES string of the molecule is Cn1cccc1CNCCC(C)(C)C. The molecule has 1 rings (SSSR count). The van der Waals surface area contributed by atoms with Gasteiger partial charge < -0.3 is 9.88 Å². The van der Waals surface area contributed by atoms with Crippen molar-refractivity contribution < 1.29 is 0 Å². The van der Waals surface area contributed by atoms with Crippen LogP contribution in [0.2, 0.25) is 0 Å². The first-order chi connectivity index (χ1) is 6.49. The Labute approximate surface area is 87.3 Å². The summed E-state index contributed by atoms with van der Waals surface area (Å²) in [6.45, 7) is 8.89. The first kappa shape index (κ1) is 11.3. The zero-order valence-electron chi connectivity index (χ0n) is 9.80. The van der Waals surface area contributed by atoms with Gasteiger partial charge in [-0.05, 0) is 30.5 Å². The van der Waals surface area contributed by atoms with Crippen molar-refractivity contribution in [1.29, 1.82) is 0 Å². The van der Waals surface area contributed by atoms with Crippen LogP contribution in [0.5, 0.6) is 0 Å². The molecule has 0 unspecified atom stereocenters. The van der Waals surface area contributed by atoms with Crippen LogP contribution in [0.15, 0.2) is 18.3 Å². The molecule has 1 N–H and O–H groups in total. The lowest BCUT2D eigenvalue weighted by molar-refractivity contribution is 0.366. The molecule has 14 heavy (non-hydrogen) atoms. The standard InChI is InChI=1S/C12H22N2/c1-12(2,3)7-8-13-10-11-6-5-9-14(11)4/h5-6,9,13H,7-8,10H2,1-4H3. The van der Waals surface area contributed by atoms with Gasteiger partial charge in [-0.2, -0.15) is 0 Å². The van der Waals surface area contributed by atoms with Crippen molar-refractivity contribution in [1.82, 2.24) is 9.88 Å². The molecule has 0 radical (unpaired) electrons. The Balaban J connectivity index is 2.20. The fourth-order valence-corrected chi connectivity index (χ4v) is 1.36. The van der Waals surface area contributed by atoms with E-state index in [0.29, 0.717) is 5.41 Å². The van der Waals surface area contributed by atoms with Crippen molar-refractivity contribution in [3.8, 4) is 0 Å². The van der Waals surface area contributed by atoms with Crippen molar-refractivity contribution in [2.75, 3.05) is 6.54 Å². The summed E-state index contributed by atoms with van der Waals surface area (Å²) in [6.07, 6.45) is 3.30. The number of hydrogen-bond donors (Lipinski definition) is 1. The van der Waals surface area contributed by atoms with Crippen molar-refractivity contribution >= 4 is 0 Å². The molecule has 0 bridgehead atoms. The smallest absolute Gasteiger partial charge is 0.0359 e. The monoisotopic (exact) mass is 194 g/mol. The van der Waals surface area contributed by atoms with Gasteiger partial charge in [0.2, 0.25) is 0 Å². The maximum Gasteiger partial charge on any atom is 0.0359 e. The Morgan fingerprint density at radius 3 is 2.57 bits per heavy atom. The molecule has 0 aliphatic heterocycles. The number of rotatable bonds is 4. The van der Waals surface area contributed by atoms with Gasteiger partial charge in [0.05, 0.1) is 0 Å². The molecular formula is C12H22N2. The van der Waals surface area contributed by atoms with Crippen LogP contribution in [0.3, 0.4) is 0 Å². The van der Waals surface area contributed by atoms with Crippen molar-refractivity contribution in [2.24, 2.45) is 12.5 Å².